The van der Waals surface area contributed by atoms with Gasteiger partial charge in [-0.25, -0.2) is 18.7 Å². The van der Waals surface area contributed by atoms with Gasteiger partial charge >= 0.3 is 0 Å². The number of rotatable bonds is 4. The van der Waals surface area contributed by atoms with E-state index < -0.39 is 34.7 Å². The lowest BCUT2D eigenvalue weighted by molar-refractivity contribution is 0.102. The summed E-state index contributed by atoms with van der Waals surface area (Å²) in [6.45, 7) is 0. The summed E-state index contributed by atoms with van der Waals surface area (Å²) < 4.78 is 45.2. The summed E-state index contributed by atoms with van der Waals surface area (Å²) in [6.07, 6.45) is 2.60. The average Bonchev–Trinajstić information content (AvgIpc) is 2.52. The molecule has 2 rings (SSSR count). The molecule has 6 nitrogen and oxygen atoms in total. The molecule has 23 heavy (non-hydrogen) atoms. The third kappa shape index (κ3) is 3.33. The molecule has 1 aromatic heterocycles. The van der Waals surface area contributed by atoms with Gasteiger partial charge in [0.15, 0.2) is 17.4 Å². The summed E-state index contributed by atoms with van der Waals surface area (Å²) in [5, 5.41) is 2.30. The van der Waals surface area contributed by atoms with Gasteiger partial charge in [-0.2, -0.15) is 4.39 Å². The molecular formula is C14H13F3N4O2. The molecule has 1 amide bonds. The van der Waals surface area contributed by atoms with Gasteiger partial charge in [-0.15, -0.1) is 0 Å². The number of carbonyl (C=O) groups excluding carboxylic acids is 1. The van der Waals surface area contributed by atoms with Crippen LogP contribution in [0.5, 0.6) is 5.75 Å². The Morgan fingerprint density at radius 1 is 1.17 bits per heavy atom. The molecule has 1 aromatic carbocycles. The number of anilines is 2. The van der Waals surface area contributed by atoms with Gasteiger partial charge in [0.25, 0.3) is 5.91 Å². The van der Waals surface area contributed by atoms with Gasteiger partial charge in [0.1, 0.15) is 0 Å². The number of methoxy groups -OCH3 is 1. The van der Waals surface area contributed by atoms with Gasteiger partial charge in [-0.05, 0) is 6.07 Å². The van der Waals surface area contributed by atoms with Crippen molar-refractivity contribution in [3.8, 4) is 5.75 Å². The zero-order valence-electron chi connectivity index (χ0n) is 12.5. The predicted octanol–water partition coefficient (Wildman–Crippen LogP) is 2.22. The fraction of sp³-hybridized carbons (Fsp3) is 0.214. The SMILES string of the molecule is COc1c(F)c(F)cc(C(=O)Nc2cnc(N(C)C)nc2)c1F. The number of nitrogens with one attached hydrogen (secondary N) is 1. The Balaban J connectivity index is 2.29. The van der Waals surface area contributed by atoms with Crippen LogP contribution >= 0.6 is 0 Å². The monoisotopic (exact) mass is 326 g/mol. The number of amides is 1. The lowest BCUT2D eigenvalue weighted by atomic mass is 10.1. The van der Waals surface area contributed by atoms with Crippen LogP contribution in [0.2, 0.25) is 0 Å². The number of hydrogen-bond donors (Lipinski definition) is 1. The minimum atomic E-state index is -1.50. The number of aromatic nitrogens is 2. The van der Waals surface area contributed by atoms with Gasteiger partial charge in [0.2, 0.25) is 11.8 Å². The van der Waals surface area contributed by atoms with Crippen LogP contribution in [0.25, 0.3) is 0 Å². The van der Waals surface area contributed by atoms with E-state index in [1.807, 2.05) is 0 Å². The zero-order chi connectivity index (χ0) is 17.1. The zero-order valence-corrected chi connectivity index (χ0v) is 12.5. The summed E-state index contributed by atoms with van der Waals surface area (Å²) in [4.78, 5) is 21.6. The van der Waals surface area contributed by atoms with E-state index >= 15 is 0 Å². The molecule has 1 heterocycles. The van der Waals surface area contributed by atoms with E-state index in [-0.39, 0.29) is 5.69 Å². The number of ether oxygens (including phenoxy) is 1. The van der Waals surface area contributed by atoms with Crippen LogP contribution in [0.1, 0.15) is 10.4 Å². The molecule has 0 aliphatic carbocycles. The van der Waals surface area contributed by atoms with E-state index in [0.717, 1.165) is 7.11 Å². The van der Waals surface area contributed by atoms with Crippen LogP contribution in [0.4, 0.5) is 24.8 Å². The Labute approximate surface area is 129 Å². The second-order valence-corrected chi connectivity index (χ2v) is 4.69. The maximum atomic E-state index is 14.0. The molecule has 122 valence electrons. The Bertz CT molecular complexity index is 736. The van der Waals surface area contributed by atoms with E-state index in [2.05, 4.69) is 20.0 Å². The van der Waals surface area contributed by atoms with E-state index in [4.69, 9.17) is 0 Å². The van der Waals surface area contributed by atoms with Gasteiger partial charge in [0, 0.05) is 14.1 Å². The van der Waals surface area contributed by atoms with Crippen LogP contribution in [-0.2, 0) is 0 Å². The minimum Gasteiger partial charge on any atom is -0.491 e. The van der Waals surface area contributed by atoms with Crippen molar-refractivity contribution >= 4 is 17.5 Å². The maximum absolute atomic E-state index is 14.0. The first-order chi connectivity index (χ1) is 10.8. The molecule has 9 heteroatoms. The lowest BCUT2D eigenvalue weighted by Gasteiger charge is -2.11. The molecule has 0 saturated heterocycles. The number of nitrogens with zero attached hydrogens (tertiary/aromatic N) is 3. The third-order valence-electron chi connectivity index (χ3n) is 2.86. The highest BCUT2D eigenvalue weighted by Gasteiger charge is 2.23. The number of benzene rings is 1. The largest absolute Gasteiger partial charge is 0.491 e. The summed E-state index contributed by atoms with van der Waals surface area (Å²) in [6, 6.07) is 0.456. The van der Waals surface area contributed by atoms with Crippen LogP contribution in [0.3, 0.4) is 0 Å². The first-order valence-corrected chi connectivity index (χ1v) is 6.37. The van der Waals surface area contributed by atoms with Crippen LogP contribution in [0.15, 0.2) is 18.5 Å². The summed E-state index contributed by atoms with van der Waals surface area (Å²) in [5.41, 5.74) is -0.527. The van der Waals surface area contributed by atoms with Gasteiger partial charge < -0.3 is 15.0 Å². The summed E-state index contributed by atoms with van der Waals surface area (Å²) >= 11 is 0. The standard InChI is InChI=1S/C14H13F3N4O2/c1-21(2)14-18-5-7(6-19-14)20-13(22)8-4-9(15)11(17)12(23-3)10(8)16/h4-6H,1-3H3,(H,20,22). The molecular weight excluding hydrogens is 313 g/mol. The highest BCUT2D eigenvalue weighted by Crippen LogP contribution is 2.27. The van der Waals surface area contributed by atoms with E-state index in [0.29, 0.717) is 12.0 Å². The van der Waals surface area contributed by atoms with Crippen molar-refractivity contribution in [2.24, 2.45) is 0 Å². The van der Waals surface area contributed by atoms with Crippen LogP contribution in [0, 0.1) is 17.5 Å². The quantitative estimate of drug-likeness (QED) is 0.873. The summed E-state index contributed by atoms with van der Waals surface area (Å²) in [5.74, 6) is -5.73. The molecule has 0 fully saturated rings. The van der Waals surface area contributed by atoms with Crippen LogP contribution in [-0.4, -0.2) is 37.1 Å². The van der Waals surface area contributed by atoms with Crippen molar-refractivity contribution < 1.29 is 22.7 Å². The van der Waals surface area contributed by atoms with E-state index in [1.165, 1.54) is 12.4 Å². The van der Waals surface area contributed by atoms with Crippen molar-refractivity contribution in [2.45, 2.75) is 0 Å². The molecule has 0 atom stereocenters. The lowest BCUT2D eigenvalue weighted by Crippen LogP contribution is -2.17. The molecule has 1 N–H and O–H groups in total. The number of carbonyl (C=O) groups is 1. The van der Waals surface area contributed by atoms with Crippen molar-refractivity contribution in [1.82, 2.24) is 9.97 Å². The summed E-state index contributed by atoms with van der Waals surface area (Å²) in [7, 11) is 4.43. The van der Waals surface area contributed by atoms with Crippen LogP contribution < -0.4 is 15.0 Å². The molecule has 0 aliphatic heterocycles. The molecule has 0 saturated carbocycles. The molecule has 0 spiro atoms. The van der Waals surface area contributed by atoms with E-state index in [1.54, 1.807) is 19.0 Å². The number of halogens is 3. The van der Waals surface area contributed by atoms with Crippen molar-refractivity contribution in [2.75, 3.05) is 31.4 Å². The van der Waals surface area contributed by atoms with Gasteiger partial charge in [-0.3, -0.25) is 4.79 Å². The van der Waals surface area contributed by atoms with Gasteiger partial charge in [-0.1, -0.05) is 0 Å². The van der Waals surface area contributed by atoms with Crippen molar-refractivity contribution in [3.63, 3.8) is 0 Å². The Hall–Kier alpha value is -2.84. The molecule has 0 unspecified atom stereocenters. The number of hydrogen-bond acceptors (Lipinski definition) is 5. The Morgan fingerprint density at radius 2 is 1.78 bits per heavy atom. The molecule has 0 bridgehead atoms. The smallest absolute Gasteiger partial charge is 0.258 e. The maximum Gasteiger partial charge on any atom is 0.258 e. The highest BCUT2D eigenvalue weighted by molar-refractivity contribution is 6.04. The molecule has 0 radical (unpaired) electrons. The fourth-order valence-electron chi connectivity index (χ4n) is 1.74. The second-order valence-electron chi connectivity index (χ2n) is 4.69. The average molecular weight is 326 g/mol. The fourth-order valence-corrected chi connectivity index (χ4v) is 1.74. The highest BCUT2D eigenvalue weighted by atomic mass is 19.2. The second kappa shape index (κ2) is 6.51. The molecule has 2 aromatic rings. The van der Waals surface area contributed by atoms with Gasteiger partial charge in [0.05, 0.1) is 30.8 Å². The van der Waals surface area contributed by atoms with Crippen molar-refractivity contribution in [1.29, 1.82) is 0 Å². The minimum absolute atomic E-state index is 0.170. The predicted molar refractivity (Wildman–Crippen MR) is 77.2 cm³/mol. The first-order valence-electron chi connectivity index (χ1n) is 6.37. The topological polar surface area (TPSA) is 67.3 Å². The van der Waals surface area contributed by atoms with E-state index in [9.17, 15) is 18.0 Å². The van der Waals surface area contributed by atoms with Crippen molar-refractivity contribution in [3.05, 3.63) is 41.5 Å². The first kappa shape index (κ1) is 16.5. The Kier molecular flexibility index (Phi) is 4.68. The Morgan fingerprint density at radius 3 is 2.30 bits per heavy atom. The third-order valence-corrected chi connectivity index (χ3v) is 2.86. The molecule has 0 aliphatic rings. The normalized spacial score (nSPS) is 10.3.